The quantitative estimate of drug-likeness (QED) is 0.309. The lowest BCUT2D eigenvalue weighted by atomic mass is 10.1. The van der Waals surface area contributed by atoms with Gasteiger partial charge in [0, 0.05) is 4.90 Å². The third-order valence-electron chi connectivity index (χ3n) is 4.66. The smallest absolute Gasteiger partial charge is 0.291 e. The molecular weight excluding hydrogens is 442 g/mol. The van der Waals surface area contributed by atoms with E-state index in [0.717, 1.165) is 25.8 Å². The Morgan fingerprint density at radius 3 is 2.72 bits per heavy atom. The van der Waals surface area contributed by atoms with E-state index < -0.39 is 0 Å². The van der Waals surface area contributed by atoms with E-state index in [9.17, 15) is 4.79 Å². The number of ether oxygens (including phenoxy) is 1. The number of anilines is 1. The lowest BCUT2D eigenvalue weighted by Gasteiger charge is -2.08. The Kier molecular flexibility index (Phi) is 5.87. The molecule has 0 radical (unpaired) electrons. The summed E-state index contributed by atoms with van der Waals surface area (Å²) in [5.41, 5.74) is 2.36. The highest BCUT2D eigenvalue weighted by Crippen LogP contribution is 2.34. The zero-order valence-corrected chi connectivity index (χ0v) is 18.4. The Labute approximate surface area is 192 Å². The summed E-state index contributed by atoms with van der Waals surface area (Å²) in [7, 11) is 0. The Balaban J connectivity index is 1.24. The summed E-state index contributed by atoms with van der Waals surface area (Å²) in [6, 6.07) is 25.0. The minimum atomic E-state index is -0.327. The van der Waals surface area contributed by atoms with Crippen molar-refractivity contribution >= 4 is 45.5 Å². The molecule has 2 heterocycles. The normalized spacial score (nSPS) is 10.9. The molecule has 2 aromatic heterocycles. The van der Waals surface area contributed by atoms with Crippen molar-refractivity contribution in [3.63, 3.8) is 0 Å². The van der Waals surface area contributed by atoms with Gasteiger partial charge in [-0.1, -0.05) is 65.6 Å². The second kappa shape index (κ2) is 9.25. The van der Waals surface area contributed by atoms with Crippen molar-refractivity contribution in [1.29, 1.82) is 0 Å². The Morgan fingerprint density at radius 2 is 1.84 bits per heavy atom. The molecule has 5 rings (SSSR count). The van der Waals surface area contributed by atoms with Crippen LogP contribution in [0.3, 0.4) is 0 Å². The third kappa shape index (κ3) is 4.66. The topological polar surface area (TPSA) is 77.2 Å². The maximum absolute atomic E-state index is 12.7. The average molecular weight is 460 g/mol. The van der Waals surface area contributed by atoms with Crippen LogP contribution in [-0.4, -0.2) is 16.1 Å². The Bertz CT molecular complexity index is 1370. The monoisotopic (exact) mass is 459 g/mol. The number of benzene rings is 3. The van der Waals surface area contributed by atoms with Crippen molar-refractivity contribution in [3.05, 3.63) is 95.9 Å². The highest BCUT2D eigenvalue weighted by molar-refractivity contribution is 8.01. The molecule has 6 nitrogen and oxygen atoms in total. The molecule has 32 heavy (non-hydrogen) atoms. The number of para-hydroxylation sites is 1. The van der Waals surface area contributed by atoms with Gasteiger partial charge in [0.1, 0.15) is 23.6 Å². The van der Waals surface area contributed by atoms with Gasteiger partial charge in [0.05, 0.1) is 5.69 Å². The molecule has 0 aliphatic rings. The van der Waals surface area contributed by atoms with Gasteiger partial charge >= 0.3 is 0 Å². The van der Waals surface area contributed by atoms with Gasteiger partial charge in [-0.15, -0.1) is 10.2 Å². The number of nitrogens with zero attached hydrogens (tertiary/aromatic N) is 2. The number of amides is 1. The summed E-state index contributed by atoms with van der Waals surface area (Å²) in [6.45, 7) is 0.231. The first-order valence-electron chi connectivity index (χ1n) is 9.79. The maximum atomic E-state index is 12.7. The molecule has 158 valence electrons. The van der Waals surface area contributed by atoms with Gasteiger partial charge in [-0.2, -0.15) is 0 Å². The van der Waals surface area contributed by atoms with Crippen LogP contribution in [0.1, 0.15) is 16.3 Å². The summed E-state index contributed by atoms with van der Waals surface area (Å²) in [5, 5.41) is 13.1. The van der Waals surface area contributed by atoms with Gasteiger partial charge < -0.3 is 14.5 Å². The molecule has 0 bridgehead atoms. The van der Waals surface area contributed by atoms with Gasteiger partial charge in [0.25, 0.3) is 5.91 Å². The minimum Gasteiger partial charge on any atom is -0.486 e. The first-order chi connectivity index (χ1) is 15.7. The molecule has 0 atom stereocenters. The molecule has 0 unspecified atom stereocenters. The molecule has 0 saturated heterocycles. The lowest BCUT2D eigenvalue weighted by molar-refractivity contribution is 0.0992. The molecule has 0 aliphatic carbocycles. The van der Waals surface area contributed by atoms with Crippen LogP contribution >= 0.6 is 23.1 Å². The van der Waals surface area contributed by atoms with E-state index in [-0.39, 0.29) is 18.3 Å². The number of fused-ring (bicyclic) bond motifs is 1. The zero-order chi connectivity index (χ0) is 21.8. The van der Waals surface area contributed by atoms with E-state index in [2.05, 4.69) is 21.6 Å². The number of furan rings is 1. The summed E-state index contributed by atoms with van der Waals surface area (Å²) in [4.78, 5) is 13.6. The van der Waals surface area contributed by atoms with E-state index >= 15 is 0 Å². The highest BCUT2D eigenvalue weighted by atomic mass is 32.2. The standard InChI is InChI=1S/C24H17N3O3S2/c28-23(26-20-7-3-4-8-22(20)32-24-27-25-15-31-24)21-12-11-19(30-21)14-29-18-10-9-16-5-1-2-6-17(16)13-18/h1-13,15H,14H2,(H,26,28). The number of rotatable bonds is 7. The second-order valence-electron chi connectivity index (χ2n) is 6.82. The van der Waals surface area contributed by atoms with Crippen LogP contribution in [0, 0.1) is 0 Å². The van der Waals surface area contributed by atoms with Crippen molar-refractivity contribution < 1.29 is 13.9 Å². The summed E-state index contributed by atoms with van der Waals surface area (Å²) in [6.07, 6.45) is 0. The molecule has 1 N–H and O–H groups in total. The Hall–Kier alpha value is -3.62. The van der Waals surface area contributed by atoms with Crippen molar-refractivity contribution in [2.24, 2.45) is 0 Å². The largest absolute Gasteiger partial charge is 0.486 e. The fraction of sp³-hybridized carbons (Fsp3) is 0.0417. The number of nitrogens with one attached hydrogen (secondary N) is 1. The van der Waals surface area contributed by atoms with Gasteiger partial charge in [-0.05, 0) is 47.2 Å². The van der Waals surface area contributed by atoms with Crippen LogP contribution in [0.5, 0.6) is 5.75 Å². The molecule has 5 aromatic rings. The molecule has 8 heteroatoms. The van der Waals surface area contributed by atoms with Crippen LogP contribution in [-0.2, 0) is 6.61 Å². The Morgan fingerprint density at radius 1 is 1.00 bits per heavy atom. The predicted molar refractivity (Wildman–Crippen MR) is 125 cm³/mol. The molecule has 1 amide bonds. The van der Waals surface area contributed by atoms with Crippen LogP contribution < -0.4 is 10.1 Å². The fourth-order valence-corrected chi connectivity index (χ4v) is 4.65. The lowest BCUT2D eigenvalue weighted by Crippen LogP contribution is -2.11. The highest BCUT2D eigenvalue weighted by Gasteiger charge is 2.15. The number of hydrogen-bond donors (Lipinski definition) is 1. The van der Waals surface area contributed by atoms with E-state index in [4.69, 9.17) is 9.15 Å². The molecule has 0 spiro atoms. The van der Waals surface area contributed by atoms with Gasteiger partial charge in [0.2, 0.25) is 0 Å². The van der Waals surface area contributed by atoms with Crippen molar-refractivity contribution in [1.82, 2.24) is 10.2 Å². The summed E-state index contributed by atoms with van der Waals surface area (Å²) in [5.74, 6) is 1.21. The van der Waals surface area contributed by atoms with E-state index in [0.29, 0.717) is 11.4 Å². The zero-order valence-electron chi connectivity index (χ0n) is 16.7. The van der Waals surface area contributed by atoms with Crippen LogP contribution in [0.4, 0.5) is 5.69 Å². The van der Waals surface area contributed by atoms with Crippen molar-refractivity contribution in [2.45, 2.75) is 15.8 Å². The van der Waals surface area contributed by atoms with Crippen LogP contribution in [0.2, 0.25) is 0 Å². The number of aromatic nitrogens is 2. The molecule has 3 aromatic carbocycles. The minimum absolute atomic E-state index is 0.220. The molecule has 0 aliphatic heterocycles. The van der Waals surface area contributed by atoms with Crippen molar-refractivity contribution in [3.8, 4) is 5.75 Å². The van der Waals surface area contributed by atoms with Crippen LogP contribution in [0.25, 0.3) is 10.8 Å². The molecule has 0 saturated carbocycles. The van der Waals surface area contributed by atoms with Crippen LogP contribution in [0.15, 0.2) is 98.0 Å². The number of carbonyl (C=O) groups excluding carboxylic acids is 1. The number of hydrogen-bond acceptors (Lipinski definition) is 7. The SMILES string of the molecule is O=C(Nc1ccccc1Sc1nncs1)c1ccc(COc2ccc3ccccc3c2)o1. The molecule has 0 fully saturated rings. The average Bonchev–Trinajstić information content (AvgIpc) is 3.51. The second-order valence-corrected chi connectivity index (χ2v) is 8.94. The first-order valence-corrected chi connectivity index (χ1v) is 11.5. The third-order valence-corrected chi connectivity index (χ3v) is 6.51. The van der Waals surface area contributed by atoms with E-state index in [1.54, 1.807) is 17.6 Å². The summed E-state index contributed by atoms with van der Waals surface area (Å²) >= 11 is 2.89. The maximum Gasteiger partial charge on any atom is 0.291 e. The van der Waals surface area contributed by atoms with Gasteiger partial charge in [-0.25, -0.2) is 0 Å². The van der Waals surface area contributed by atoms with Gasteiger partial charge in [-0.3, -0.25) is 4.79 Å². The summed E-state index contributed by atoms with van der Waals surface area (Å²) < 4.78 is 12.4. The predicted octanol–water partition coefficient (Wildman–Crippen LogP) is 6.27. The van der Waals surface area contributed by atoms with Crippen molar-refractivity contribution in [2.75, 3.05) is 5.32 Å². The molecular formula is C24H17N3O3S2. The van der Waals surface area contributed by atoms with E-state index in [1.165, 1.54) is 23.1 Å². The van der Waals surface area contributed by atoms with Gasteiger partial charge in [0.15, 0.2) is 10.1 Å². The number of carbonyl (C=O) groups is 1. The fourth-order valence-electron chi connectivity index (χ4n) is 3.13. The first kappa shape index (κ1) is 20.3. The van der Waals surface area contributed by atoms with E-state index in [1.807, 2.05) is 60.7 Å².